The van der Waals surface area contributed by atoms with Crippen molar-refractivity contribution in [2.75, 3.05) is 19.8 Å². The maximum absolute atomic E-state index is 13.5. The predicted molar refractivity (Wildman–Crippen MR) is 150 cm³/mol. The largest absolute Gasteiger partial charge is 0.448 e. The van der Waals surface area contributed by atoms with Crippen molar-refractivity contribution < 1.29 is 14.3 Å². The number of hydrogen-bond acceptors (Lipinski definition) is 3. The van der Waals surface area contributed by atoms with Crippen LogP contribution < -0.4 is 0 Å². The van der Waals surface area contributed by atoms with E-state index in [0.29, 0.717) is 19.8 Å². The molecule has 2 atom stereocenters. The van der Waals surface area contributed by atoms with Gasteiger partial charge in [0.15, 0.2) is 0 Å². The monoisotopic (exact) mass is 499 g/mol. The Morgan fingerprint density at radius 1 is 0.737 bits per heavy atom. The second kappa shape index (κ2) is 9.62. The molecule has 1 fully saturated rings. The molecule has 2 heterocycles. The molecule has 0 saturated carbocycles. The molecule has 0 spiro atoms. The fourth-order valence-electron chi connectivity index (χ4n) is 6.38. The molecule has 4 nitrogen and oxygen atoms in total. The van der Waals surface area contributed by atoms with Gasteiger partial charge in [-0.25, -0.2) is 4.79 Å². The number of carbonyl (C=O) groups is 1. The van der Waals surface area contributed by atoms with Gasteiger partial charge < -0.3 is 9.47 Å². The van der Waals surface area contributed by atoms with E-state index in [9.17, 15) is 4.79 Å². The first-order valence-electron chi connectivity index (χ1n) is 13.3. The van der Waals surface area contributed by atoms with E-state index < -0.39 is 0 Å². The molecule has 3 aliphatic rings. The summed E-state index contributed by atoms with van der Waals surface area (Å²) >= 11 is 0. The van der Waals surface area contributed by atoms with Gasteiger partial charge in [0, 0.05) is 5.92 Å². The van der Waals surface area contributed by atoms with Gasteiger partial charge >= 0.3 is 6.09 Å². The smallest absolute Gasteiger partial charge is 0.410 e. The number of fused-ring (bicyclic) bond motifs is 5. The molecule has 2 bridgehead atoms. The van der Waals surface area contributed by atoms with Crippen LogP contribution in [0.4, 0.5) is 4.79 Å². The van der Waals surface area contributed by atoms with Gasteiger partial charge in [-0.1, -0.05) is 109 Å². The van der Waals surface area contributed by atoms with Crippen molar-refractivity contribution in [3.63, 3.8) is 0 Å². The fourth-order valence-corrected chi connectivity index (χ4v) is 6.38. The Labute approximate surface area is 223 Å². The van der Waals surface area contributed by atoms with Crippen molar-refractivity contribution in [3.8, 4) is 22.3 Å². The lowest BCUT2D eigenvalue weighted by atomic mass is 9.86. The molecule has 0 N–H and O–H groups in total. The maximum Gasteiger partial charge on any atom is 0.410 e. The van der Waals surface area contributed by atoms with Gasteiger partial charge in [-0.3, -0.25) is 4.90 Å². The first-order valence-corrected chi connectivity index (χ1v) is 13.3. The third kappa shape index (κ3) is 3.93. The summed E-state index contributed by atoms with van der Waals surface area (Å²) in [6, 6.07) is 35.7. The van der Waals surface area contributed by atoms with E-state index in [2.05, 4.69) is 103 Å². The number of hydrogen-bond donors (Lipinski definition) is 0. The highest BCUT2D eigenvalue weighted by molar-refractivity contribution is 5.84. The van der Waals surface area contributed by atoms with E-state index in [1.54, 1.807) is 0 Å². The Balaban J connectivity index is 1.14. The van der Waals surface area contributed by atoms with Gasteiger partial charge in [-0.2, -0.15) is 0 Å². The number of rotatable bonds is 4. The molecule has 0 radical (unpaired) electrons. The number of nitrogens with zero attached hydrogens (tertiary/aromatic N) is 1. The summed E-state index contributed by atoms with van der Waals surface area (Å²) in [7, 11) is 0. The van der Waals surface area contributed by atoms with Gasteiger partial charge in [-0.15, -0.1) is 0 Å². The van der Waals surface area contributed by atoms with Crippen LogP contribution in [0.3, 0.4) is 0 Å². The van der Waals surface area contributed by atoms with Gasteiger partial charge in [0.2, 0.25) is 0 Å². The molecule has 1 saturated heterocycles. The average Bonchev–Trinajstić information content (AvgIpc) is 3.29. The first kappa shape index (κ1) is 23.0. The van der Waals surface area contributed by atoms with Crippen molar-refractivity contribution in [2.24, 2.45) is 0 Å². The molecule has 38 heavy (non-hydrogen) atoms. The molecule has 4 heteroatoms. The van der Waals surface area contributed by atoms with E-state index in [-0.39, 0.29) is 24.1 Å². The van der Waals surface area contributed by atoms with Crippen LogP contribution in [-0.2, 0) is 9.47 Å². The van der Waals surface area contributed by atoms with Crippen LogP contribution in [0.5, 0.6) is 0 Å². The summed E-state index contributed by atoms with van der Waals surface area (Å²) in [5.41, 5.74) is 9.83. The second-order valence-electron chi connectivity index (χ2n) is 10.3. The fraction of sp³-hybridized carbons (Fsp3) is 0.206. The topological polar surface area (TPSA) is 38.8 Å². The molecule has 188 valence electrons. The third-order valence-corrected chi connectivity index (χ3v) is 8.10. The lowest BCUT2D eigenvalue weighted by molar-refractivity contribution is -0.0331. The Morgan fingerprint density at radius 2 is 1.34 bits per heavy atom. The normalized spacial score (nSPS) is 19.9. The number of morpholine rings is 1. The van der Waals surface area contributed by atoms with Gasteiger partial charge in [-0.05, 0) is 50.9 Å². The van der Waals surface area contributed by atoms with Crippen LogP contribution in [0.2, 0.25) is 0 Å². The highest BCUT2D eigenvalue weighted by Gasteiger charge is 2.40. The zero-order chi connectivity index (χ0) is 25.5. The molecular weight excluding hydrogens is 470 g/mol. The number of amides is 1. The molecular formula is C34H29NO3. The SMILES string of the molecule is O=C(OCC1c2ccccc2-c2ccccc21)N1C2C=C(c3ccccc3-c3ccccc3)CC1COC2. The van der Waals surface area contributed by atoms with Crippen LogP contribution in [0, 0.1) is 0 Å². The maximum atomic E-state index is 13.5. The van der Waals surface area contributed by atoms with Crippen LogP contribution in [0.25, 0.3) is 27.8 Å². The van der Waals surface area contributed by atoms with Crippen molar-refractivity contribution in [2.45, 2.75) is 24.4 Å². The van der Waals surface area contributed by atoms with E-state index >= 15 is 0 Å². The van der Waals surface area contributed by atoms with Gasteiger partial charge in [0.25, 0.3) is 0 Å². The Kier molecular flexibility index (Phi) is 5.82. The molecule has 0 aromatic heterocycles. The molecule has 1 amide bonds. The summed E-state index contributed by atoms with van der Waals surface area (Å²) in [4.78, 5) is 15.5. The third-order valence-electron chi connectivity index (χ3n) is 8.10. The van der Waals surface area contributed by atoms with Crippen LogP contribution in [-0.4, -0.2) is 42.9 Å². The van der Waals surface area contributed by atoms with Gasteiger partial charge in [0.1, 0.15) is 6.61 Å². The summed E-state index contributed by atoms with van der Waals surface area (Å²) in [5.74, 6) is 0.0519. The minimum absolute atomic E-state index is 0.0479. The van der Waals surface area contributed by atoms with E-state index in [1.807, 2.05) is 11.0 Å². The number of benzene rings is 4. The molecule has 4 aromatic carbocycles. The van der Waals surface area contributed by atoms with Crippen molar-refractivity contribution in [3.05, 3.63) is 126 Å². The lowest BCUT2D eigenvalue weighted by Gasteiger charge is -2.44. The number of ether oxygens (including phenoxy) is 2. The van der Waals surface area contributed by atoms with E-state index in [1.165, 1.54) is 44.5 Å². The summed E-state index contributed by atoms with van der Waals surface area (Å²) < 4.78 is 11.9. The zero-order valence-corrected chi connectivity index (χ0v) is 21.1. The summed E-state index contributed by atoms with van der Waals surface area (Å²) in [6.45, 7) is 1.33. The second-order valence-corrected chi connectivity index (χ2v) is 10.3. The van der Waals surface area contributed by atoms with Crippen LogP contribution in [0.15, 0.2) is 109 Å². The van der Waals surface area contributed by atoms with Crippen molar-refractivity contribution in [1.82, 2.24) is 4.90 Å². The van der Waals surface area contributed by atoms with Crippen LogP contribution in [0.1, 0.15) is 29.0 Å². The van der Waals surface area contributed by atoms with Crippen LogP contribution >= 0.6 is 0 Å². The minimum atomic E-state index is -0.253. The minimum Gasteiger partial charge on any atom is -0.448 e. The molecule has 4 aromatic rings. The highest BCUT2D eigenvalue weighted by Crippen LogP contribution is 2.45. The average molecular weight is 500 g/mol. The number of carbonyl (C=O) groups excluding carboxylic acids is 1. The van der Waals surface area contributed by atoms with E-state index in [4.69, 9.17) is 9.47 Å². The van der Waals surface area contributed by atoms with Crippen molar-refractivity contribution >= 4 is 11.7 Å². The molecule has 7 rings (SSSR count). The predicted octanol–water partition coefficient (Wildman–Crippen LogP) is 7.16. The summed E-state index contributed by atoms with van der Waals surface area (Å²) in [6.07, 6.45) is 2.69. The molecule has 1 aliphatic carbocycles. The standard InChI is InChI=1S/C34H29NO3/c36-34(38-22-33-31-16-8-6-14-29(31)30-15-7-9-17-32(30)33)35-25-18-24(19-26(35)21-37-20-25)28-13-5-4-12-27(28)23-10-2-1-3-11-23/h1-18,25-26,33H,19-22H2. The Morgan fingerprint density at radius 3 is 2.03 bits per heavy atom. The van der Waals surface area contributed by atoms with Gasteiger partial charge in [0.05, 0.1) is 25.3 Å². The highest BCUT2D eigenvalue weighted by atomic mass is 16.6. The lowest BCUT2D eigenvalue weighted by Crippen LogP contribution is -2.56. The first-order chi connectivity index (χ1) is 18.8. The molecule has 2 aliphatic heterocycles. The van der Waals surface area contributed by atoms with E-state index in [0.717, 1.165) is 6.42 Å². The summed E-state index contributed by atoms with van der Waals surface area (Å²) in [5, 5.41) is 0. The molecule has 2 unspecified atom stereocenters. The quantitative estimate of drug-likeness (QED) is 0.299. The Hall–Kier alpha value is -4.15. The zero-order valence-electron chi connectivity index (χ0n) is 21.1. The van der Waals surface area contributed by atoms with Crippen molar-refractivity contribution in [1.29, 1.82) is 0 Å². The Bertz CT molecular complexity index is 1480.